The molecule has 176 valence electrons. The van der Waals surface area contributed by atoms with E-state index in [1.165, 1.54) is 11.1 Å². The standard InChI is InChI=1S/C24H34N4O3.HI/c1-4-25-24(27-10-5-12-30-22-9-13-29-17-22)28-16-20-8-11-26-23(15-20)31-21-7-6-18(2)19(3)14-21;/h6-8,11,14-15,22H,4-5,9-10,12-13,16-17H2,1-3H3,(H2,25,27,28);1H. The van der Waals surface area contributed by atoms with E-state index in [1.807, 2.05) is 24.3 Å². The van der Waals surface area contributed by atoms with E-state index in [0.717, 1.165) is 63.0 Å². The first kappa shape index (κ1) is 26.3. The molecule has 2 N–H and O–H groups in total. The van der Waals surface area contributed by atoms with Crippen molar-refractivity contribution in [1.82, 2.24) is 15.6 Å². The maximum Gasteiger partial charge on any atom is 0.219 e. The van der Waals surface area contributed by atoms with Gasteiger partial charge in [-0.15, -0.1) is 24.0 Å². The third-order valence-electron chi connectivity index (χ3n) is 5.12. The van der Waals surface area contributed by atoms with E-state index in [4.69, 9.17) is 14.2 Å². The Balaban J connectivity index is 0.00000363. The van der Waals surface area contributed by atoms with Gasteiger partial charge in [-0.3, -0.25) is 0 Å². The molecule has 32 heavy (non-hydrogen) atoms. The van der Waals surface area contributed by atoms with E-state index in [-0.39, 0.29) is 30.1 Å². The predicted molar refractivity (Wildman–Crippen MR) is 138 cm³/mol. The van der Waals surface area contributed by atoms with Gasteiger partial charge in [-0.1, -0.05) is 6.07 Å². The molecule has 1 aliphatic heterocycles. The van der Waals surface area contributed by atoms with Crippen molar-refractivity contribution in [2.24, 2.45) is 4.99 Å². The molecule has 1 aromatic heterocycles. The van der Waals surface area contributed by atoms with Crippen LogP contribution in [0.3, 0.4) is 0 Å². The first-order valence-electron chi connectivity index (χ1n) is 11.1. The summed E-state index contributed by atoms with van der Waals surface area (Å²) in [6.45, 7) is 10.6. The second kappa shape index (κ2) is 14.3. The highest BCUT2D eigenvalue weighted by atomic mass is 127. The van der Waals surface area contributed by atoms with Crippen LogP contribution in [0.2, 0.25) is 0 Å². The molecule has 1 saturated heterocycles. The highest BCUT2D eigenvalue weighted by molar-refractivity contribution is 14.0. The summed E-state index contributed by atoms with van der Waals surface area (Å²) in [5.41, 5.74) is 3.48. The average Bonchev–Trinajstić information content (AvgIpc) is 3.28. The van der Waals surface area contributed by atoms with Crippen molar-refractivity contribution in [1.29, 1.82) is 0 Å². The van der Waals surface area contributed by atoms with Crippen molar-refractivity contribution in [3.05, 3.63) is 53.2 Å². The first-order valence-corrected chi connectivity index (χ1v) is 11.1. The zero-order chi connectivity index (χ0) is 21.9. The van der Waals surface area contributed by atoms with E-state index in [2.05, 4.69) is 47.4 Å². The Morgan fingerprint density at radius 2 is 2.06 bits per heavy atom. The molecule has 7 nitrogen and oxygen atoms in total. The Kier molecular flexibility index (Phi) is 11.8. The molecule has 8 heteroatoms. The van der Waals surface area contributed by atoms with Crippen LogP contribution in [0.5, 0.6) is 11.6 Å². The lowest BCUT2D eigenvalue weighted by Crippen LogP contribution is -2.38. The normalized spacial score (nSPS) is 15.8. The van der Waals surface area contributed by atoms with E-state index < -0.39 is 0 Å². The summed E-state index contributed by atoms with van der Waals surface area (Å²) in [7, 11) is 0. The topological polar surface area (TPSA) is 77.0 Å². The zero-order valence-electron chi connectivity index (χ0n) is 19.2. The molecule has 3 rings (SSSR count). The zero-order valence-corrected chi connectivity index (χ0v) is 21.6. The number of benzene rings is 1. The Morgan fingerprint density at radius 3 is 2.81 bits per heavy atom. The molecule has 0 spiro atoms. The second-order valence-corrected chi connectivity index (χ2v) is 7.68. The van der Waals surface area contributed by atoms with Gasteiger partial charge in [-0.2, -0.15) is 0 Å². The van der Waals surface area contributed by atoms with Crippen LogP contribution in [0.15, 0.2) is 41.5 Å². The summed E-state index contributed by atoms with van der Waals surface area (Å²) in [5, 5.41) is 6.65. The largest absolute Gasteiger partial charge is 0.439 e. The summed E-state index contributed by atoms with van der Waals surface area (Å²) in [5.74, 6) is 2.15. The van der Waals surface area contributed by atoms with Crippen molar-refractivity contribution in [3.8, 4) is 11.6 Å². The minimum atomic E-state index is 0. The molecule has 1 aromatic carbocycles. The summed E-state index contributed by atoms with van der Waals surface area (Å²) in [6.07, 6.45) is 3.93. The molecule has 0 bridgehead atoms. The Morgan fingerprint density at radius 1 is 1.19 bits per heavy atom. The smallest absolute Gasteiger partial charge is 0.219 e. The van der Waals surface area contributed by atoms with Gasteiger partial charge in [0.15, 0.2) is 5.96 Å². The molecule has 1 atom stereocenters. The minimum Gasteiger partial charge on any atom is -0.439 e. The number of rotatable bonds is 10. The van der Waals surface area contributed by atoms with Gasteiger partial charge in [-0.25, -0.2) is 9.98 Å². The monoisotopic (exact) mass is 554 g/mol. The summed E-state index contributed by atoms with van der Waals surface area (Å²) >= 11 is 0. The maximum absolute atomic E-state index is 5.93. The highest BCUT2D eigenvalue weighted by Gasteiger charge is 2.15. The quantitative estimate of drug-likeness (QED) is 0.197. The summed E-state index contributed by atoms with van der Waals surface area (Å²) in [6, 6.07) is 9.93. The van der Waals surface area contributed by atoms with Crippen LogP contribution in [0.4, 0.5) is 0 Å². The van der Waals surface area contributed by atoms with Crippen LogP contribution in [-0.4, -0.2) is 50.0 Å². The van der Waals surface area contributed by atoms with Crippen molar-refractivity contribution in [3.63, 3.8) is 0 Å². The van der Waals surface area contributed by atoms with Crippen LogP contribution in [0.1, 0.15) is 36.5 Å². The van der Waals surface area contributed by atoms with Crippen LogP contribution >= 0.6 is 24.0 Å². The molecule has 2 aromatic rings. The average molecular weight is 554 g/mol. The van der Waals surface area contributed by atoms with E-state index >= 15 is 0 Å². The minimum absolute atomic E-state index is 0. The summed E-state index contributed by atoms with van der Waals surface area (Å²) < 4.78 is 17.1. The lowest BCUT2D eigenvalue weighted by Gasteiger charge is -2.13. The van der Waals surface area contributed by atoms with E-state index in [0.29, 0.717) is 12.4 Å². The van der Waals surface area contributed by atoms with Gasteiger partial charge >= 0.3 is 0 Å². The maximum atomic E-state index is 5.93. The number of nitrogens with one attached hydrogen (secondary N) is 2. The lowest BCUT2D eigenvalue weighted by molar-refractivity contribution is 0.0420. The molecule has 0 amide bonds. The van der Waals surface area contributed by atoms with Gasteiger partial charge in [0, 0.05) is 38.6 Å². The predicted octanol–water partition coefficient (Wildman–Crippen LogP) is 4.36. The van der Waals surface area contributed by atoms with Crippen LogP contribution in [-0.2, 0) is 16.0 Å². The molecule has 2 heterocycles. The van der Waals surface area contributed by atoms with Crippen LogP contribution in [0, 0.1) is 13.8 Å². The number of halogens is 1. The molecule has 0 saturated carbocycles. The van der Waals surface area contributed by atoms with Gasteiger partial charge in [0.1, 0.15) is 5.75 Å². The third kappa shape index (κ3) is 8.91. The fraction of sp³-hybridized carbons (Fsp3) is 0.500. The molecular formula is C24H35IN4O3. The number of ether oxygens (including phenoxy) is 3. The molecule has 1 unspecified atom stereocenters. The Labute approximate surface area is 208 Å². The second-order valence-electron chi connectivity index (χ2n) is 7.68. The first-order chi connectivity index (χ1) is 15.1. The molecule has 0 aliphatic carbocycles. The molecule has 1 aliphatic rings. The lowest BCUT2D eigenvalue weighted by atomic mass is 10.1. The van der Waals surface area contributed by atoms with Gasteiger partial charge in [0.25, 0.3) is 0 Å². The number of aliphatic imine (C=N–C) groups is 1. The Bertz CT molecular complexity index is 857. The third-order valence-corrected chi connectivity index (χ3v) is 5.12. The number of aromatic nitrogens is 1. The Hall–Kier alpha value is -1.91. The van der Waals surface area contributed by atoms with E-state index in [9.17, 15) is 0 Å². The highest BCUT2D eigenvalue weighted by Crippen LogP contribution is 2.22. The van der Waals surface area contributed by atoms with Gasteiger partial charge < -0.3 is 24.8 Å². The van der Waals surface area contributed by atoms with Crippen LogP contribution < -0.4 is 15.4 Å². The number of guanidine groups is 1. The van der Waals surface area contributed by atoms with Crippen molar-refractivity contribution >= 4 is 29.9 Å². The van der Waals surface area contributed by atoms with Gasteiger partial charge in [0.05, 0.1) is 19.3 Å². The molecular weight excluding hydrogens is 519 g/mol. The number of hydrogen-bond acceptors (Lipinski definition) is 5. The molecule has 0 radical (unpaired) electrons. The van der Waals surface area contributed by atoms with Crippen LogP contribution in [0.25, 0.3) is 0 Å². The number of aryl methyl sites for hydroxylation is 2. The fourth-order valence-electron chi connectivity index (χ4n) is 3.19. The number of pyridine rings is 1. The number of hydrogen-bond donors (Lipinski definition) is 2. The fourth-order valence-corrected chi connectivity index (χ4v) is 3.19. The number of nitrogens with zero attached hydrogens (tertiary/aromatic N) is 2. The van der Waals surface area contributed by atoms with Crippen molar-refractivity contribution in [2.75, 3.05) is 32.9 Å². The van der Waals surface area contributed by atoms with Gasteiger partial charge in [-0.05, 0) is 68.5 Å². The SMILES string of the molecule is CCNC(=NCc1ccnc(Oc2ccc(C)c(C)c2)c1)NCCCOC1CCOC1.I. The van der Waals surface area contributed by atoms with Crippen molar-refractivity contribution < 1.29 is 14.2 Å². The van der Waals surface area contributed by atoms with Crippen molar-refractivity contribution in [2.45, 2.75) is 46.3 Å². The summed E-state index contributed by atoms with van der Waals surface area (Å²) in [4.78, 5) is 9.01. The van der Waals surface area contributed by atoms with Gasteiger partial charge in [0.2, 0.25) is 5.88 Å². The van der Waals surface area contributed by atoms with E-state index in [1.54, 1.807) is 6.20 Å². The molecule has 1 fully saturated rings.